The molecule has 120 valence electrons. The van der Waals surface area contributed by atoms with Crippen molar-refractivity contribution >= 4 is 38.1 Å². The van der Waals surface area contributed by atoms with E-state index in [2.05, 4.69) is 41.8 Å². The highest BCUT2D eigenvalue weighted by Crippen LogP contribution is 2.17. The van der Waals surface area contributed by atoms with Gasteiger partial charge in [0, 0.05) is 39.0 Å². The molecule has 2 heterocycles. The number of rotatable bonds is 3. The van der Waals surface area contributed by atoms with E-state index in [1.807, 2.05) is 6.07 Å². The third-order valence-corrected chi connectivity index (χ3v) is 3.24. The van der Waals surface area contributed by atoms with Crippen molar-refractivity contribution in [1.82, 2.24) is 9.97 Å². The summed E-state index contributed by atoms with van der Waals surface area (Å²) in [6.07, 6.45) is 3.97. The average Bonchev–Trinajstić information content (AvgIpc) is 2.57. The first-order valence-electron chi connectivity index (χ1n) is 6.38. The number of aldehydes is 1. The lowest BCUT2D eigenvalue weighted by Crippen LogP contribution is -1.90. The second kappa shape index (κ2) is 12.0. The summed E-state index contributed by atoms with van der Waals surface area (Å²) in [5.41, 5.74) is 0.539. The Hall–Kier alpha value is -1.54. The molecule has 0 aliphatic carbocycles. The Morgan fingerprint density at radius 2 is 1.77 bits per heavy atom. The predicted octanol–water partition coefficient (Wildman–Crippen LogP) is 4.10. The van der Waals surface area contributed by atoms with Crippen LogP contribution in [0.25, 0.3) is 0 Å². The Balaban J connectivity index is 0.000000365. The van der Waals surface area contributed by atoms with Crippen molar-refractivity contribution < 1.29 is 20.0 Å². The van der Waals surface area contributed by atoms with Crippen molar-refractivity contribution in [3.05, 3.63) is 45.1 Å². The molecule has 5 nitrogen and oxygen atoms in total. The summed E-state index contributed by atoms with van der Waals surface area (Å²) >= 11 is 6.43. The molecule has 0 aromatic carbocycles. The third-order valence-electron chi connectivity index (χ3n) is 2.11. The Morgan fingerprint density at radius 1 is 1.18 bits per heavy atom. The van der Waals surface area contributed by atoms with Crippen LogP contribution in [0.15, 0.2) is 39.5 Å². The molecule has 0 saturated carbocycles. The lowest BCUT2D eigenvalue weighted by atomic mass is 10.3. The third kappa shape index (κ3) is 7.46. The van der Waals surface area contributed by atoms with Gasteiger partial charge in [-0.1, -0.05) is 0 Å². The Morgan fingerprint density at radius 3 is 2.23 bits per heavy atom. The fourth-order valence-electron chi connectivity index (χ4n) is 1.12. The van der Waals surface area contributed by atoms with Crippen LogP contribution >= 0.6 is 31.9 Å². The first-order chi connectivity index (χ1) is 11.0. The summed E-state index contributed by atoms with van der Waals surface area (Å²) in [5.74, 6) is 1.08. The van der Waals surface area contributed by atoms with Crippen LogP contribution in [0.2, 0.25) is 0 Å². The highest BCUT2D eigenvalue weighted by Gasteiger charge is 2.00. The number of nitrogens with zero attached hydrogens (tertiary/aromatic N) is 2. The van der Waals surface area contributed by atoms with Crippen LogP contribution in [0.3, 0.4) is 0 Å². The van der Waals surface area contributed by atoms with E-state index < -0.39 is 7.15 Å². The number of alkyl halides is 1. The summed E-state index contributed by atoms with van der Waals surface area (Å²) in [4.78, 5) is 18.2. The van der Waals surface area contributed by atoms with Crippen molar-refractivity contribution in [3.8, 4) is 11.8 Å². The number of pyridine rings is 2. The van der Waals surface area contributed by atoms with E-state index in [1.54, 1.807) is 25.4 Å². The number of methoxy groups -OCH3 is 2. The molecule has 0 aliphatic rings. The van der Waals surface area contributed by atoms with Gasteiger partial charge in [-0.3, -0.25) is 9.18 Å². The minimum absolute atomic E-state index is 0.440. The van der Waals surface area contributed by atoms with Crippen LogP contribution in [0.4, 0.5) is 4.39 Å². The van der Waals surface area contributed by atoms with E-state index in [-0.39, 0.29) is 0 Å². The number of hydrogen-bond donors (Lipinski definition) is 0. The maximum atomic E-state index is 10.4. The molecule has 0 spiro atoms. The highest BCUT2D eigenvalue weighted by molar-refractivity contribution is 9.10. The number of halogens is 3. The zero-order chi connectivity index (χ0) is 17.7. The van der Waals surface area contributed by atoms with Crippen LogP contribution in [0, 0.1) is 0 Å². The Labute approximate surface area is 146 Å². The van der Waals surface area contributed by atoms with Gasteiger partial charge >= 0.3 is 0 Å². The molecule has 0 amide bonds. The molecule has 0 atom stereocenters. The van der Waals surface area contributed by atoms with Crippen LogP contribution in [0.5, 0.6) is 11.8 Å². The highest BCUT2D eigenvalue weighted by atomic mass is 79.9. The van der Waals surface area contributed by atoms with Gasteiger partial charge in [0.15, 0.2) is 6.29 Å². The predicted molar refractivity (Wildman–Crippen MR) is 89.4 cm³/mol. The molecule has 0 fully saturated rings. The minimum atomic E-state index is -1.00. The van der Waals surface area contributed by atoms with Gasteiger partial charge in [-0.15, -0.1) is 0 Å². The van der Waals surface area contributed by atoms with Crippen LogP contribution in [-0.4, -0.2) is 37.6 Å². The first-order valence-corrected chi connectivity index (χ1v) is 7.26. The monoisotopic (exact) mass is 437 g/mol. The summed E-state index contributed by atoms with van der Waals surface area (Å²) in [5, 5.41) is 0. The fourth-order valence-corrected chi connectivity index (χ4v) is 1.66. The quantitative estimate of drug-likeness (QED) is 0.675. The van der Waals surface area contributed by atoms with E-state index in [0.717, 1.165) is 10.8 Å². The molecule has 0 bridgehead atoms. The molecule has 2 aromatic rings. The van der Waals surface area contributed by atoms with Gasteiger partial charge in [0.1, 0.15) is 0 Å². The zero-order valence-electron chi connectivity index (χ0n) is 12.9. The van der Waals surface area contributed by atoms with Crippen molar-refractivity contribution in [3.63, 3.8) is 0 Å². The normalized spacial score (nSPS) is 9.23. The standard InChI is InChI=1S/C7H6BrNO2.C6H6BrNO.CH3F/c1-11-7-2-5(4-10)6(8)3-9-7;1-9-6-3-2-5(7)4-8-6;1-2/h2-4H,1H3;2-4H,1H3;1H3/i;;1D. The summed E-state index contributed by atoms with van der Waals surface area (Å²) < 4.78 is 26.8. The summed E-state index contributed by atoms with van der Waals surface area (Å²) in [6.45, 7) is 0. The van der Waals surface area contributed by atoms with E-state index >= 15 is 0 Å². The fraction of sp³-hybridized carbons (Fsp3) is 0.214. The summed E-state index contributed by atoms with van der Waals surface area (Å²) in [6, 6.07) is 5.24. The van der Waals surface area contributed by atoms with E-state index in [4.69, 9.17) is 10.8 Å². The maximum Gasteiger partial charge on any atom is 0.213 e. The Bertz CT molecular complexity index is 589. The molecule has 0 N–H and O–H groups in total. The number of aromatic nitrogens is 2. The zero-order valence-corrected chi connectivity index (χ0v) is 15.1. The molecule has 22 heavy (non-hydrogen) atoms. The molecule has 2 rings (SSSR count). The number of carbonyl (C=O) groups excluding carboxylic acids is 1. The number of ether oxygens (including phenoxy) is 2. The molecule has 0 saturated heterocycles. The van der Waals surface area contributed by atoms with Crippen molar-refractivity contribution in [2.75, 3.05) is 21.4 Å². The summed E-state index contributed by atoms with van der Waals surface area (Å²) in [7, 11) is 2.10. The molecule has 2 aromatic heterocycles. The molecule has 0 aliphatic heterocycles. The second-order valence-electron chi connectivity index (χ2n) is 3.38. The van der Waals surface area contributed by atoms with Crippen molar-refractivity contribution in [2.24, 2.45) is 0 Å². The minimum Gasteiger partial charge on any atom is -0.481 e. The molecule has 0 unspecified atom stereocenters. The first kappa shape index (κ1) is 18.5. The van der Waals surface area contributed by atoms with Gasteiger partial charge < -0.3 is 9.47 Å². The van der Waals surface area contributed by atoms with Crippen LogP contribution < -0.4 is 9.47 Å². The van der Waals surface area contributed by atoms with Gasteiger partial charge in [-0.25, -0.2) is 9.97 Å². The van der Waals surface area contributed by atoms with Crippen molar-refractivity contribution in [1.29, 1.82) is 0 Å². The van der Waals surface area contributed by atoms with Gasteiger partial charge in [-0.2, -0.15) is 0 Å². The van der Waals surface area contributed by atoms with Crippen LogP contribution in [-0.2, 0) is 0 Å². The number of hydrogen-bond acceptors (Lipinski definition) is 5. The van der Waals surface area contributed by atoms with Gasteiger partial charge in [0.2, 0.25) is 11.8 Å². The second-order valence-corrected chi connectivity index (χ2v) is 5.15. The SMILES string of the molecule is COc1cc(C=O)c(Br)cn1.COc1ccc(Br)cn1.[2H]CF. The van der Waals surface area contributed by atoms with Gasteiger partial charge in [-0.05, 0) is 37.9 Å². The van der Waals surface area contributed by atoms with Gasteiger partial charge in [0.25, 0.3) is 0 Å². The molecule has 0 radical (unpaired) electrons. The largest absolute Gasteiger partial charge is 0.481 e. The van der Waals surface area contributed by atoms with Crippen molar-refractivity contribution in [2.45, 2.75) is 0 Å². The van der Waals surface area contributed by atoms with Gasteiger partial charge in [0.05, 0.1) is 22.7 Å². The smallest absolute Gasteiger partial charge is 0.213 e. The lowest BCUT2D eigenvalue weighted by molar-refractivity contribution is 0.112. The maximum absolute atomic E-state index is 10.4. The molecular formula is C14H15Br2FN2O3. The van der Waals surface area contributed by atoms with E-state index in [0.29, 0.717) is 21.8 Å². The average molecular weight is 439 g/mol. The van der Waals surface area contributed by atoms with Crippen LogP contribution in [0.1, 0.15) is 11.7 Å². The number of carbonyl (C=O) groups is 1. The molecule has 8 heteroatoms. The van der Waals surface area contributed by atoms with E-state index in [1.165, 1.54) is 13.3 Å². The lowest BCUT2D eigenvalue weighted by Gasteiger charge is -1.99. The molecular weight excluding hydrogens is 423 g/mol. The topological polar surface area (TPSA) is 61.3 Å². The van der Waals surface area contributed by atoms with E-state index in [9.17, 15) is 9.18 Å². The Kier molecular flexibility index (Phi) is 10.1.